The number of alkyl halides is 3. The number of nitrogens with one attached hydrogen (secondary N) is 2. The quantitative estimate of drug-likeness (QED) is 0.468. The number of carbonyl (C=O) groups excluding carboxylic acids is 1. The van der Waals surface area contributed by atoms with Gasteiger partial charge in [0.2, 0.25) is 0 Å². The highest BCUT2D eigenvalue weighted by atomic mass is 35.5. The number of aromatic nitrogens is 2. The molecule has 2 atom stereocenters. The van der Waals surface area contributed by atoms with E-state index in [1.165, 1.54) is 25.3 Å². The molecule has 3 aromatic rings. The first-order chi connectivity index (χ1) is 15.2. The van der Waals surface area contributed by atoms with E-state index in [0.717, 1.165) is 10.9 Å². The fourth-order valence-electron chi connectivity index (χ4n) is 3.58. The van der Waals surface area contributed by atoms with Crippen molar-refractivity contribution >= 4 is 40.6 Å². The zero-order valence-corrected chi connectivity index (χ0v) is 18.1. The van der Waals surface area contributed by atoms with Crippen LogP contribution in [0.25, 0.3) is 0 Å². The number of methoxy groups -OCH3 is 1. The van der Waals surface area contributed by atoms with Crippen molar-refractivity contribution in [1.82, 2.24) is 9.78 Å². The maximum absolute atomic E-state index is 13.9. The Morgan fingerprint density at radius 2 is 2.00 bits per heavy atom. The first kappa shape index (κ1) is 22.3. The summed E-state index contributed by atoms with van der Waals surface area (Å²) < 4.78 is 47.6. The molecule has 2 heterocycles. The molecule has 0 spiro atoms. The van der Waals surface area contributed by atoms with Crippen LogP contribution >= 0.6 is 23.2 Å². The summed E-state index contributed by atoms with van der Waals surface area (Å²) in [5, 5.41) is 10.1. The van der Waals surface area contributed by atoms with E-state index in [-0.39, 0.29) is 22.8 Å². The van der Waals surface area contributed by atoms with Gasteiger partial charge in [-0.2, -0.15) is 18.3 Å². The first-order valence-electron chi connectivity index (χ1n) is 9.48. The first-order valence-corrected chi connectivity index (χ1v) is 10.2. The minimum absolute atomic E-state index is 0.0241. The van der Waals surface area contributed by atoms with E-state index < -0.39 is 24.2 Å². The van der Waals surface area contributed by atoms with Gasteiger partial charge in [0.25, 0.3) is 5.91 Å². The summed E-state index contributed by atoms with van der Waals surface area (Å²) in [7, 11) is 1.48. The fourth-order valence-corrected chi connectivity index (χ4v) is 3.88. The predicted octanol–water partition coefficient (Wildman–Crippen LogP) is 6.11. The molecule has 0 bridgehead atoms. The van der Waals surface area contributed by atoms with Gasteiger partial charge in [0.1, 0.15) is 17.1 Å². The van der Waals surface area contributed by atoms with Crippen LogP contribution < -0.4 is 15.4 Å². The SMILES string of the molecule is COc1cccc(C2CC(C(F)(F)F)n3ncc(C(=O)Nc4ccc(Cl)c(Cl)c4)c3N2)c1. The van der Waals surface area contributed by atoms with E-state index in [2.05, 4.69) is 15.7 Å². The lowest BCUT2D eigenvalue weighted by atomic mass is 9.96. The monoisotopic (exact) mass is 484 g/mol. The van der Waals surface area contributed by atoms with Gasteiger partial charge in [-0.15, -0.1) is 0 Å². The van der Waals surface area contributed by atoms with Crippen LogP contribution in [-0.4, -0.2) is 29.0 Å². The van der Waals surface area contributed by atoms with Gasteiger partial charge in [0, 0.05) is 12.1 Å². The second-order valence-corrected chi connectivity index (χ2v) is 8.02. The van der Waals surface area contributed by atoms with Crippen LogP contribution in [0.3, 0.4) is 0 Å². The number of halogens is 5. The van der Waals surface area contributed by atoms with Crippen LogP contribution in [0.2, 0.25) is 10.0 Å². The summed E-state index contributed by atoms with van der Waals surface area (Å²) in [6.07, 6.45) is -3.74. The summed E-state index contributed by atoms with van der Waals surface area (Å²) in [4.78, 5) is 12.9. The molecule has 32 heavy (non-hydrogen) atoms. The van der Waals surface area contributed by atoms with Crippen molar-refractivity contribution in [2.75, 3.05) is 17.7 Å². The molecular weight excluding hydrogens is 468 g/mol. The minimum Gasteiger partial charge on any atom is -0.497 e. The molecule has 0 saturated carbocycles. The Morgan fingerprint density at radius 3 is 2.69 bits per heavy atom. The normalized spacial score (nSPS) is 17.9. The van der Waals surface area contributed by atoms with E-state index >= 15 is 0 Å². The number of rotatable bonds is 4. The van der Waals surface area contributed by atoms with E-state index in [9.17, 15) is 18.0 Å². The topological polar surface area (TPSA) is 68.2 Å². The molecule has 1 aliphatic rings. The van der Waals surface area contributed by atoms with Crippen molar-refractivity contribution in [2.45, 2.75) is 24.7 Å². The van der Waals surface area contributed by atoms with Gasteiger partial charge in [-0.05, 0) is 35.9 Å². The summed E-state index contributed by atoms with van der Waals surface area (Å²) >= 11 is 11.9. The van der Waals surface area contributed by atoms with Gasteiger partial charge in [0.05, 0.1) is 29.4 Å². The average Bonchev–Trinajstić information content (AvgIpc) is 3.19. The number of amides is 1. The molecule has 168 valence electrons. The molecule has 1 aliphatic heterocycles. The summed E-state index contributed by atoms with van der Waals surface area (Å²) in [5.74, 6) is -0.141. The highest BCUT2D eigenvalue weighted by molar-refractivity contribution is 6.42. The highest BCUT2D eigenvalue weighted by Crippen LogP contribution is 2.44. The molecule has 1 amide bonds. The number of fused-ring (bicyclic) bond motifs is 1. The maximum Gasteiger partial charge on any atom is 0.410 e. The van der Waals surface area contributed by atoms with Crippen LogP contribution in [0.5, 0.6) is 5.75 Å². The molecule has 1 aromatic heterocycles. The minimum atomic E-state index is -4.56. The number of ether oxygens (including phenoxy) is 1. The Hall–Kier alpha value is -2.91. The second kappa shape index (κ2) is 8.55. The third-order valence-electron chi connectivity index (χ3n) is 5.16. The molecule has 2 aromatic carbocycles. The van der Waals surface area contributed by atoms with Crippen molar-refractivity contribution < 1.29 is 22.7 Å². The molecule has 0 saturated heterocycles. The second-order valence-electron chi connectivity index (χ2n) is 7.20. The number of nitrogens with zero attached hydrogens (tertiary/aromatic N) is 2. The van der Waals surface area contributed by atoms with Crippen molar-refractivity contribution in [3.05, 3.63) is 69.8 Å². The summed E-state index contributed by atoms with van der Waals surface area (Å²) in [6, 6.07) is 8.64. The lowest BCUT2D eigenvalue weighted by Crippen LogP contribution is -2.36. The zero-order valence-electron chi connectivity index (χ0n) is 16.6. The standard InChI is InChI=1S/C21H17Cl2F3N4O2/c1-32-13-4-2-3-11(7-13)17-9-18(21(24,25)26)30-19(29-17)14(10-27-30)20(31)28-12-5-6-15(22)16(23)8-12/h2-8,10,17-18,29H,9H2,1H3,(H,28,31). The van der Waals surface area contributed by atoms with Crippen molar-refractivity contribution in [1.29, 1.82) is 0 Å². The van der Waals surface area contributed by atoms with Crippen molar-refractivity contribution in [3.8, 4) is 5.75 Å². The van der Waals surface area contributed by atoms with Crippen LogP contribution in [0.4, 0.5) is 24.7 Å². The Labute approximate surface area is 191 Å². The van der Waals surface area contributed by atoms with Gasteiger partial charge < -0.3 is 15.4 Å². The fraction of sp³-hybridized carbons (Fsp3) is 0.238. The maximum atomic E-state index is 13.9. The Balaban J connectivity index is 1.69. The summed E-state index contributed by atoms with van der Waals surface area (Å²) in [6.45, 7) is 0. The van der Waals surface area contributed by atoms with E-state index in [0.29, 0.717) is 22.0 Å². The van der Waals surface area contributed by atoms with E-state index in [1.54, 1.807) is 24.3 Å². The number of anilines is 2. The van der Waals surface area contributed by atoms with Gasteiger partial charge in [-0.1, -0.05) is 35.3 Å². The van der Waals surface area contributed by atoms with Crippen LogP contribution in [0.1, 0.15) is 34.4 Å². The van der Waals surface area contributed by atoms with Gasteiger partial charge in [0.15, 0.2) is 6.04 Å². The third-order valence-corrected chi connectivity index (χ3v) is 5.90. The van der Waals surface area contributed by atoms with Gasteiger partial charge in [-0.3, -0.25) is 4.79 Å². The number of hydrogen-bond donors (Lipinski definition) is 2. The van der Waals surface area contributed by atoms with E-state index in [1.807, 2.05) is 0 Å². The molecule has 2 unspecified atom stereocenters. The Kier molecular flexibility index (Phi) is 5.96. The van der Waals surface area contributed by atoms with Crippen molar-refractivity contribution in [2.24, 2.45) is 0 Å². The molecule has 6 nitrogen and oxygen atoms in total. The summed E-state index contributed by atoms with van der Waals surface area (Å²) in [5.41, 5.74) is 0.914. The predicted molar refractivity (Wildman–Crippen MR) is 116 cm³/mol. The number of carbonyl (C=O) groups is 1. The van der Waals surface area contributed by atoms with Gasteiger partial charge in [-0.25, -0.2) is 4.68 Å². The van der Waals surface area contributed by atoms with Crippen LogP contribution in [0, 0.1) is 0 Å². The Morgan fingerprint density at radius 1 is 1.22 bits per heavy atom. The van der Waals surface area contributed by atoms with E-state index in [4.69, 9.17) is 27.9 Å². The molecule has 0 aliphatic carbocycles. The number of benzene rings is 2. The average molecular weight is 485 g/mol. The van der Waals surface area contributed by atoms with Crippen molar-refractivity contribution in [3.63, 3.8) is 0 Å². The molecule has 2 N–H and O–H groups in total. The molecule has 11 heteroatoms. The zero-order chi connectivity index (χ0) is 23.0. The number of hydrogen-bond acceptors (Lipinski definition) is 4. The Bertz CT molecular complexity index is 1170. The van der Waals surface area contributed by atoms with Gasteiger partial charge >= 0.3 is 6.18 Å². The highest BCUT2D eigenvalue weighted by Gasteiger charge is 2.47. The van der Waals surface area contributed by atoms with Crippen LogP contribution in [0.15, 0.2) is 48.7 Å². The third kappa shape index (κ3) is 4.35. The lowest BCUT2D eigenvalue weighted by molar-refractivity contribution is -0.173. The smallest absolute Gasteiger partial charge is 0.410 e. The van der Waals surface area contributed by atoms with Crippen LogP contribution in [-0.2, 0) is 0 Å². The molecule has 0 radical (unpaired) electrons. The molecule has 0 fully saturated rings. The molecular formula is C21H17Cl2F3N4O2. The largest absolute Gasteiger partial charge is 0.497 e. The lowest BCUT2D eigenvalue weighted by Gasteiger charge is -2.34. The molecule has 4 rings (SSSR count).